The highest BCUT2D eigenvalue weighted by molar-refractivity contribution is 7.89. The third kappa shape index (κ3) is 3.85. The Morgan fingerprint density at radius 1 is 1.05 bits per heavy atom. The van der Waals surface area contributed by atoms with Gasteiger partial charge in [0.05, 0.1) is 17.6 Å². The van der Waals surface area contributed by atoms with E-state index in [0.717, 1.165) is 30.9 Å². The summed E-state index contributed by atoms with van der Waals surface area (Å²) in [6, 6.07) is 8.85. The Bertz CT molecular complexity index is 1500. The third-order valence-electron chi connectivity index (χ3n) is 7.80. The van der Waals surface area contributed by atoms with Gasteiger partial charge in [-0.05, 0) is 67.3 Å². The molecule has 1 aromatic carbocycles. The summed E-state index contributed by atoms with van der Waals surface area (Å²) in [5.74, 6) is 0.297. The van der Waals surface area contributed by atoms with Gasteiger partial charge in [-0.15, -0.1) is 0 Å². The van der Waals surface area contributed by atoms with Gasteiger partial charge in [-0.1, -0.05) is 5.57 Å². The van der Waals surface area contributed by atoms with Crippen molar-refractivity contribution in [1.82, 2.24) is 19.1 Å². The monoisotopic (exact) mass is 545 g/mol. The fourth-order valence-corrected chi connectivity index (χ4v) is 6.94. The van der Waals surface area contributed by atoms with Gasteiger partial charge in [-0.2, -0.15) is 18.2 Å². The quantitative estimate of drug-likeness (QED) is 0.468. The van der Waals surface area contributed by atoms with Crippen LogP contribution in [0.25, 0.3) is 11.8 Å². The largest absolute Gasteiger partial charge is 0.366 e. The van der Waals surface area contributed by atoms with Crippen molar-refractivity contribution in [3.05, 3.63) is 71.4 Å². The molecule has 0 spiro atoms. The van der Waals surface area contributed by atoms with E-state index in [1.807, 2.05) is 4.90 Å². The van der Waals surface area contributed by atoms with Crippen LogP contribution in [0.4, 0.5) is 19.0 Å². The maximum atomic E-state index is 15.6. The first-order chi connectivity index (χ1) is 18.1. The lowest BCUT2D eigenvalue weighted by molar-refractivity contribution is -0.288. The summed E-state index contributed by atoms with van der Waals surface area (Å²) in [6.07, 6.45) is 1.76. The average molecular weight is 546 g/mol. The molecule has 0 bridgehead atoms. The van der Waals surface area contributed by atoms with E-state index in [1.54, 1.807) is 29.0 Å². The van der Waals surface area contributed by atoms with Gasteiger partial charge in [0.15, 0.2) is 0 Å². The second-order valence-electron chi connectivity index (χ2n) is 9.87. The molecule has 0 N–H and O–H groups in total. The molecule has 3 aromatic rings. The number of hydrogen-bond donors (Lipinski definition) is 0. The number of nitrogens with zero attached hydrogens (tertiary/aromatic N) is 5. The van der Waals surface area contributed by atoms with E-state index in [-0.39, 0.29) is 24.3 Å². The number of ether oxygens (including phenoxy) is 1. The van der Waals surface area contributed by atoms with Crippen LogP contribution in [0.2, 0.25) is 0 Å². The second-order valence-corrected chi connectivity index (χ2v) is 11.8. The van der Waals surface area contributed by atoms with Gasteiger partial charge in [0.1, 0.15) is 21.9 Å². The zero-order valence-corrected chi connectivity index (χ0v) is 21.5. The van der Waals surface area contributed by atoms with Crippen molar-refractivity contribution in [2.75, 3.05) is 38.2 Å². The summed E-state index contributed by atoms with van der Waals surface area (Å²) in [5, 5.41) is 4.36. The average Bonchev–Trinajstić information content (AvgIpc) is 3.29. The van der Waals surface area contributed by atoms with Crippen molar-refractivity contribution in [3.63, 3.8) is 0 Å². The highest BCUT2D eigenvalue weighted by Gasteiger charge is 2.61. The Morgan fingerprint density at radius 2 is 1.82 bits per heavy atom. The first-order valence-corrected chi connectivity index (χ1v) is 13.8. The molecule has 0 amide bonds. The number of rotatable bonds is 6. The molecule has 6 rings (SSSR count). The molecule has 2 saturated heterocycles. The molecule has 0 unspecified atom stereocenters. The number of pyridine rings is 1. The summed E-state index contributed by atoms with van der Waals surface area (Å²) in [6.45, 7) is 1.31. The SMILES string of the molecule is COC(F)(F)[C@]12Cc3cnn(-c4ccc(F)cc4)c3C=C1CCN(S(=O)(=O)c1ccc(N3CCC3)nc1)C2. The number of halogens is 3. The number of hydrogen-bond acceptors (Lipinski definition) is 6. The third-order valence-corrected chi connectivity index (χ3v) is 9.63. The fraction of sp³-hybridized carbons (Fsp3) is 0.385. The van der Waals surface area contributed by atoms with Gasteiger partial charge < -0.3 is 9.64 Å². The predicted molar refractivity (Wildman–Crippen MR) is 134 cm³/mol. The van der Waals surface area contributed by atoms with Crippen LogP contribution in [0.1, 0.15) is 24.1 Å². The zero-order valence-electron chi connectivity index (χ0n) is 20.6. The smallest absolute Gasteiger partial charge is 0.356 e. The van der Waals surface area contributed by atoms with Crippen molar-refractivity contribution >= 4 is 21.9 Å². The Morgan fingerprint density at radius 3 is 2.45 bits per heavy atom. The molecule has 2 aliphatic heterocycles. The number of methoxy groups -OCH3 is 1. The van der Waals surface area contributed by atoms with Gasteiger partial charge in [0, 0.05) is 39.5 Å². The molecule has 2 fully saturated rings. The molecule has 0 saturated carbocycles. The number of anilines is 1. The van der Waals surface area contributed by atoms with Crippen LogP contribution in [0.15, 0.2) is 59.3 Å². The van der Waals surface area contributed by atoms with E-state index in [1.165, 1.54) is 30.6 Å². The number of aromatic nitrogens is 3. The number of sulfonamides is 1. The van der Waals surface area contributed by atoms with Crippen molar-refractivity contribution < 1.29 is 26.3 Å². The van der Waals surface area contributed by atoms with E-state index in [9.17, 15) is 12.8 Å². The molecule has 200 valence electrons. The normalized spacial score (nSPS) is 21.9. The van der Waals surface area contributed by atoms with Gasteiger partial charge in [0.2, 0.25) is 10.0 Å². The van der Waals surface area contributed by atoms with Crippen molar-refractivity contribution in [2.45, 2.75) is 30.3 Å². The predicted octanol–water partition coefficient (Wildman–Crippen LogP) is 3.88. The number of benzene rings is 1. The van der Waals surface area contributed by atoms with E-state index in [0.29, 0.717) is 28.3 Å². The van der Waals surface area contributed by atoms with Gasteiger partial charge >= 0.3 is 6.11 Å². The van der Waals surface area contributed by atoms with Gasteiger partial charge in [-0.3, -0.25) is 0 Å². The number of alkyl halides is 2. The van der Waals surface area contributed by atoms with Crippen LogP contribution in [0, 0.1) is 11.2 Å². The minimum atomic E-state index is -4.09. The van der Waals surface area contributed by atoms with Crippen LogP contribution in [-0.4, -0.2) is 66.9 Å². The molecule has 38 heavy (non-hydrogen) atoms. The summed E-state index contributed by atoms with van der Waals surface area (Å²) in [7, 11) is -3.16. The van der Waals surface area contributed by atoms with E-state index < -0.39 is 33.9 Å². The topological polar surface area (TPSA) is 80.6 Å². The molecule has 2 aromatic heterocycles. The lowest BCUT2D eigenvalue weighted by atomic mass is 9.67. The molecular weight excluding hydrogens is 519 g/mol. The molecule has 0 radical (unpaired) electrons. The summed E-state index contributed by atoms with van der Waals surface area (Å²) < 4.78 is 79.2. The van der Waals surface area contributed by atoms with E-state index in [4.69, 9.17) is 4.74 Å². The highest BCUT2D eigenvalue weighted by Crippen LogP contribution is 2.53. The van der Waals surface area contributed by atoms with Crippen LogP contribution in [0.3, 0.4) is 0 Å². The van der Waals surface area contributed by atoms with E-state index in [2.05, 4.69) is 10.1 Å². The Kier molecular flexibility index (Phi) is 5.89. The zero-order chi connectivity index (χ0) is 26.7. The van der Waals surface area contributed by atoms with Crippen molar-refractivity contribution in [1.29, 1.82) is 0 Å². The molecule has 1 atom stereocenters. The maximum Gasteiger partial charge on any atom is 0.366 e. The van der Waals surface area contributed by atoms with Crippen LogP contribution in [0.5, 0.6) is 0 Å². The van der Waals surface area contributed by atoms with Gasteiger partial charge in [-0.25, -0.2) is 22.5 Å². The lowest BCUT2D eigenvalue weighted by Crippen LogP contribution is -2.58. The first kappa shape index (κ1) is 25.1. The molecular formula is C26H26F3N5O3S. The minimum absolute atomic E-state index is 0.0314. The molecule has 12 heteroatoms. The number of piperidine rings is 1. The van der Waals surface area contributed by atoms with Gasteiger partial charge in [0.25, 0.3) is 0 Å². The maximum absolute atomic E-state index is 15.6. The summed E-state index contributed by atoms with van der Waals surface area (Å²) >= 11 is 0. The lowest BCUT2D eigenvalue weighted by Gasteiger charge is -2.48. The van der Waals surface area contributed by atoms with Crippen LogP contribution in [-0.2, 0) is 21.2 Å². The standard InChI is InChI=1S/C26H26F3N5O3S/c1-37-26(28,29)25-14-18-15-31-34(21-5-3-20(27)4-6-21)23(18)13-19(25)9-12-33(17-25)38(35,36)22-7-8-24(30-16-22)32-10-2-11-32/h3-8,13,15-16H,2,9-12,14,17H2,1H3/t25-/m0/s1. The van der Waals surface area contributed by atoms with E-state index >= 15 is 8.78 Å². The Labute approximate surface area is 218 Å². The number of fused-ring (bicyclic) bond motifs is 2. The molecule has 1 aliphatic carbocycles. The Balaban J connectivity index is 1.35. The van der Waals surface area contributed by atoms with Crippen molar-refractivity contribution in [3.8, 4) is 5.69 Å². The summed E-state index contributed by atoms with van der Waals surface area (Å²) in [5.41, 5.74) is 0.191. The second kappa shape index (κ2) is 8.92. The fourth-order valence-electron chi connectivity index (χ4n) is 5.49. The van der Waals surface area contributed by atoms with Crippen molar-refractivity contribution in [2.24, 2.45) is 5.41 Å². The first-order valence-electron chi connectivity index (χ1n) is 12.3. The molecule has 4 heterocycles. The van der Waals surface area contributed by atoms with Crippen LogP contribution >= 0.6 is 0 Å². The molecule has 3 aliphatic rings. The van der Waals surface area contributed by atoms with Crippen LogP contribution < -0.4 is 4.90 Å². The minimum Gasteiger partial charge on any atom is -0.356 e. The molecule has 8 nitrogen and oxygen atoms in total. The summed E-state index contributed by atoms with van der Waals surface area (Å²) in [4.78, 5) is 6.29. The Hall–Kier alpha value is -3.22. The highest BCUT2D eigenvalue weighted by atomic mass is 32.2.